The van der Waals surface area contributed by atoms with E-state index in [4.69, 9.17) is 5.26 Å². The molecule has 0 atom stereocenters. The van der Waals surface area contributed by atoms with E-state index in [2.05, 4.69) is 49.5 Å². The minimum absolute atomic E-state index is 0.245. The van der Waals surface area contributed by atoms with Crippen LogP contribution < -0.4 is 5.32 Å². The van der Waals surface area contributed by atoms with Crippen LogP contribution in [-0.4, -0.2) is 6.54 Å². The highest BCUT2D eigenvalue weighted by Crippen LogP contribution is 2.20. The predicted octanol–water partition coefficient (Wildman–Crippen LogP) is 4.16. The van der Waals surface area contributed by atoms with Crippen molar-refractivity contribution < 1.29 is 0 Å². The fourth-order valence-corrected chi connectivity index (χ4v) is 1.56. The van der Waals surface area contributed by atoms with Crippen LogP contribution in [0.3, 0.4) is 0 Å². The number of rotatable bonds is 5. The summed E-state index contributed by atoms with van der Waals surface area (Å²) in [6.45, 7) is 9.16. The molecule has 0 aromatic heterocycles. The van der Waals surface area contributed by atoms with Crippen molar-refractivity contribution in [3.05, 3.63) is 29.8 Å². The third kappa shape index (κ3) is 4.48. The molecule has 0 aliphatic rings. The topological polar surface area (TPSA) is 35.8 Å². The molecule has 2 nitrogen and oxygen atoms in total. The van der Waals surface area contributed by atoms with Gasteiger partial charge in [-0.05, 0) is 43.9 Å². The fourth-order valence-electron chi connectivity index (χ4n) is 1.56. The molecule has 1 rings (SSSR count). The van der Waals surface area contributed by atoms with Gasteiger partial charge in [0.05, 0.1) is 11.5 Å². The molecule has 0 unspecified atom stereocenters. The Kier molecular flexibility index (Phi) is 4.57. The predicted molar refractivity (Wildman–Crippen MR) is 73.0 cm³/mol. The summed E-state index contributed by atoms with van der Waals surface area (Å²) in [6.07, 6.45) is 0.857. The van der Waals surface area contributed by atoms with E-state index >= 15 is 0 Å². The highest BCUT2D eigenvalue weighted by molar-refractivity contribution is 5.45. The molecule has 0 saturated heterocycles. The summed E-state index contributed by atoms with van der Waals surface area (Å²) < 4.78 is 0. The Morgan fingerprint density at radius 2 is 1.82 bits per heavy atom. The summed E-state index contributed by atoms with van der Waals surface area (Å²) in [5, 5.41) is 12.3. The van der Waals surface area contributed by atoms with Crippen LogP contribution in [0.5, 0.6) is 0 Å². The third-order valence-electron chi connectivity index (χ3n) is 2.96. The molecule has 0 saturated carbocycles. The molecule has 0 aliphatic carbocycles. The molecule has 1 N–H and O–H groups in total. The first-order valence-corrected chi connectivity index (χ1v) is 6.20. The van der Waals surface area contributed by atoms with Crippen molar-refractivity contribution in [2.24, 2.45) is 5.41 Å². The number of nitriles is 1. The number of nitrogens with zero attached hydrogens (tertiary/aromatic N) is 1. The molecule has 0 fully saturated rings. The summed E-state index contributed by atoms with van der Waals surface area (Å²) in [6, 6.07) is 10.8. The van der Waals surface area contributed by atoms with Gasteiger partial charge in [-0.1, -0.05) is 26.0 Å². The van der Waals surface area contributed by atoms with E-state index in [1.165, 1.54) is 5.56 Å². The van der Waals surface area contributed by atoms with Gasteiger partial charge in [-0.2, -0.15) is 5.26 Å². The monoisotopic (exact) mass is 230 g/mol. The van der Waals surface area contributed by atoms with Crippen molar-refractivity contribution in [3.63, 3.8) is 0 Å². The van der Waals surface area contributed by atoms with Gasteiger partial charge in [0.25, 0.3) is 0 Å². The van der Waals surface area contributed by atoms with Gasteiger partial charge in [0.1, 0.15) is 0 Å². The van der Waals surface area contributed by atoms with Gasteiger partial charge in [0, 0.05) is 12.2 Å². The third-order valence-corrected chi connectivity index (χ3v) is 2.96. The molecule has 92 valence electrons. The second kappa shape index (κ2) is 5.72. The molecule has 17 heavy (non-hydrogen) atoms. The van der Waals surface area contributed by atoms with Gasteiger partial charge in [-0.3, -0.25) is 0 Å². The summed E-state index contributed by atoms with van der Waals surface area (Å²) in [5.41, 5.74) is 2.24. The molecular weight excluding hydrogens is 208 g/mol. The molecule has 0 radical (unpaired) electrons. The first-order chi connectivity index (χ1) is 7.94. The first kappa shape index (κ1) is 13.6. The zero-order valence-electron chi connectivity index (χ0n) is 11.2. The van der Waals surface area contributed by atoms with Crippen molar-refractivity contribution in [2.45, 2.75) is 40.0 Å². The van der Waals surface area contributed by atoms with E-state index in [-0.39, 0.29) is 5.41 Å². The highest BCUT2D eigenvalue weighted by atomic mass is 14.9. The molecule has 0 amide bonds. The quantitative estimate of drug-likeness (QED) is 0.824. The summed E-state index contributed by atoms with van der Waals surface area (Å²) in [4.78, 5) is 0. The second-order valence-electron chi connectivity index (χ2n) is 5.45. The Hall–Kier alpha value is -1.49. The molecule has 1 aromatic rings. The van der Waals surface area contributed by atoms with Crippen LogP contribution in [-0.2, 0) is 0 Å². The average molecular weight is 230 g/mol. The highest BCUT2D eigenvalue weighted by Gasteiger charge is 2.15. The number of anilines is 1. The van der Waals surface area contributed by atoms with Crippen LogP contribution in [0, 0.1) is 16.7 Å². The maximum Gasteiger partial charge on any atom is 0.0684 e. The minimum Gasteiger partial charge on any atom is -0.385 e. The summed E-state index contributed by atoms with van der Waals surface area (Å²) >= 11 is 0. The smallest absolute Gasteiger partial charge is 0.0684 e. The Balaban J connectivity index is 2.46. The fraction of sp³-hybridized carbons (Fsp3) is 0.533. The van der Waals surface area contributed by atoms with Gasteiger partial charge >= 0.3 is 0 Å². The van der Waals surface area contributed by atoms with Crippen LogP contribution in [0.25, 0.3) is 0 Å². The second-order valence-corrected chi connectivity index (χ2v) is 5.45. The Bertz CT molecular complexity index is 382. The first-order valence-electron chi connectivity index (χ1n) is 6.20. The van der Waals surface area contributed by atoms with Crippen LogP contribution in [0.2, 0.25) is 0 Å². The molecular formula is C15H22N2. The van der Waals surface area contributed by atoms with Gasteiger partial charge in [0.15, 0.2) is 0 Å². The van der Waals surface area contributed by atoms with E-state index in [9.17, 15) is 0 Å². The van der Waals surface area contributed by atoms with Crippen molar-refractivity contribution in [1.82, 2.24) is 0 Å². The van der Waals surface area contributed by atoms with Crippen LogP contribution in [0.1, 0.15) is 45.6 Å². The summed E-state index contributed by atoms with van der Waals surface area (Å²) in [5.74, 6) is 0.571. The number of hydrogen-bond acceptors (Lipinski definition) is 2. The van der Waals surface area contributed by atoms with Crippen molar-refractivity contribution in [2.75, 3.05) is 11.9 Å². The lowest BCUT2D eigenvalue weighted by atomic mass is 9.91. The molecule has 0 spiro atoms. The van der Waals surface area contributed by atoms with Gasteiger partial charge in [-0.15, -0.1) is 0 Å². The van der Waals surface area contributed by atoms with Gasteiger partial charge in [-0.25, -0.2) is 0 Å². The molecule has 2 heteroatoms. The Morgan fingerprint density at radius 3 is 2.29 bits per heavy atom. The Morgan fingerprint density at radius 1 is 1.24 bits per heavy atom. The standard InChI is InChI=1S/C15H22N2/c1-12(2)13-5-7-14(8-6-13)17-10-9-15(3,4)11-16/h5-8,12,17H,9-10H2,1-4H3. The van der Waals surface area contributed by atoms with Crippen molar-refractivity contribution >= 4 is 5.69 Å². The molecule has 0 aliphatic heterocycles. The Labute approximate surface area is 105 Å². The van der Waals surface area contributed by atoms with Crippen LogP contribution >= 0.6 is 0 Å². The lowest BCUT2D eigenvalue weighted by Crippen LogP contribution is -2.14. The van der Waals surface area contributed by atoms with Crippen LogP contribution in [0.15, 0.2) is 24.3 Å². The SMILES string of the molecule is CC(C)c1ccc(NCCC(C)(C)C#N)cc1. The van der Waals surface area contributed by atoms with E-state index in [1.54, 1.807) is 0 Å². The average Bonchev–Trinajstić information content (AvgIpc) is 2.29. The maximum atomic E-state index is 8.91. The minimum atomic E-state index is -0.245. The lowest BCUT2D eigenvalue weighted by Gasteiger charge is -2.16. The molecule has 0 heterocycles. The zero-order valence-corrected chi connectivity index (χ0v) is 11.2. The van der Waals surface area contributed by atoms with Crippen molar-refractivity contribution in [3.8, 4) is 6.07 Å². The van der Waals surface area contributed by atoms with E-state index in [1.807, 2.05) is 13.8 Å². The van der Waals surface area contributed by atoms with Crippen molar-refractivity contribution in [1.29, 1.82) is 5.26 Å². The number of benzene rings is 1. The van der Waals surface area contributed by atoms with E-state index < -0.39 is 0 Å². The lowest BCUT2D eigenvalue weighted by molar-refractivity contribution is 0.466. The number of hydrogen-bond donors (Lipinski definition) is 1. The maximum absolute atomic E-state index is 8.91. The number of nitrogens with one attached hydrogen (secondary N) is 1. The summed E-state index contributed by atoms with van der Waals surface area (Å²) in [7, 11) is 0. The van der Waals surface area contributed by atoms with E-state index in [0.717, 1.165) is 18.7 Å². The normalized spacial score (nSPS) is 11.3. The largest absolute Gasteiger partial charge is 0.385 e. The zero-order chi connectivity index (χ0) is 12.9. The molecule has 0 bridgehead atoms. The van der Waals surface area contributed by atoms with Gasteiger partial charge < -0.3 is 5.32 Å². The van der Waals surface area contributed by atoms with Crippen LogP contribution in [0.4, 0.5) is 5.69 Å². The molecule has 1 aromatic carbocycles. The van der Waals surface area contributed by atoms with E-state index in [0.29, 0.717) is 5.92 Å². The van der Waals surface area contributed by atoms with Gasteiger partial charge in [0.2, 0.25) is 0 Å².